The Hall–Kier alpha value is -0.780. The van der Waals surface area contributed by atoms with Gasteiger partial charge in [-0.05, 0) is 12.5 Å². The van der Waals surface area contributed by atoms with Gasteiger partial charge < -0.3 is 10.2 Å². The lowest BCUT2D eigenvalue weighted by Gasteiger charge is -2.16. The number of aliphatic imine (C=N–C) groups is 1. The van der Waals surface area contributed by atoms with Gasteiger partial charge in [0.1, 0.15) is 0 Å². The molecule has 0 aromatic heterocycles. The van der Waals surface area contributed by atoms with Gasteiger partial charge >= 0.3 is 0 Å². The summed E-state index contributed by atoms with van der Waals surface area (Å²) in [6.07, 6.45) is 0. The number of guanidine groups is 1. The number of nitrogens with one attached hydrogen (secondary N) is 1. The summed E-state index contributed by atoms with van der Waals surface area (Å²) in [6.45, 7) is 3.69. The van der Waals surface area contributed by atoms with Crippen LogP contribution in [0.4, 0.5) is 0 Å². The van der Waals surface area contributed by atoms with Crippen molar-refractivity contribution in [2.45, 2.75) is 13.5 Å². The van der Waals surface area contributed by atoms with E-state index in [0.717, 1.165) is 19.0 Å². The van der Waals surface area contributed by atoms with Gasteiger partial charge in [-0.3, -0.25) is 0 Å². The normalized spacial score (nSPS) is 10.6. The SMILES string of the molecule is CCNC(=NCc1ccccc1)N(C)C.I. The predicted octanol–water partition coefficient (Wildman–Crippen LogP) is 2.33. The van der Waals surface area contributed by atoms with Gasteiger partial charge in [0.15, 0.2) is 5.96 Å². The van der Waals surface area contributed by atoms with Crippen LogP contribution < -0.4 is 5.32 Å². The van der Waals surface area contributed by atoms with Crippen molar-refractivity contribution >= 4 is 29.9 Å². The molecular formula is C12H20IN3. The van der Waals surface area contributed by atoms with E-state index in [-0.39, 0.29) is 24.0 Å². The van der Waals surface area contributed by atoms with Crippen molar-refractivity contribution in [1.82, 2.24) is 10.2 Å². The summed E-state index contributed by atoms with van der Waals surface area (Å²) in [5.41, 5.74) is 1.23. The van der Waals surface area contributed by atoms with Crippen molar-refractivity contribution in [2.24, 2.45) is 4.99 Å². The molecule has 1 N–H and O–H groups in total. The zero-order chi connectivity index (χ0) is 11.1. The molecule has 3 nitrogen and oxygen atoms in total. The van der Waals surface area contributed by atoms with Crippen LogP contribution >= 0.6 is 24.0 Å². The second-order valence-corrected chi connectivity index (χ2v) is 3.55. The summed E-state index contributed by atoms with van der Waals surface area (Å²) >= 11 is 0. The summed E-state index contributed by atoms with van der Waals surface area (Å²) in [4.78, 5) is 6.51. The molecule has 0 saturated carbocycles. The van der Waals surface area contributed by atoms with Crippen LogP contribution in [0, 0.1) is 0 Å². The Morgan fingerprint density at radius 3 is 2.38 bits per heavy atom. The Kier molecular flexibility index (Phi) is 7.97. The second kappa shape index (κ2) is 8.38. The lowest BCUT2D eigenvalue weighted by atomic mass is 10.2. The summed E-state index contributed by atoms with van der Waals surface area (Å²) < 4.78 is 0. The maximum absolute atomic E-state index is 4.51. The van der Waals surface area contributed by atoms with Crippen LogP contribution in [0.5, 0.6) is 0 Å². The van der Waals surface area contributed by atoms with E-state index in [9.17, 15) is 0 Å². The number of rotatable bonds is 3. The van der Waals surface area contributed by atoms with Crippen LogP contribution in [0.3, 0.4) is 0 Å². The van der Waals surface area contributed by atoms with Crippen molar-refractivity contribution in [2.75, 3.05) is 20.6 Å². The monoisotopic (exact) mass is 333 g/mol. The summed E-state index contributed by atoms with van der Waals surface area (Å²) in [5.74, 6) is 0.932. The zero-order valence-electron chi connectivity index (χ0n) is 10.1. The Balaban J connectivity index is 0.00000225. The van der Waals surface area contributed by atoms with Gasteiger partial charge in [0.25, 0.3) is 0 Å². The van der Waals surface area contributed by atoms with Crippen molar-refractivity contribution in [3.8, 4) is 0 Å². The molecule has 0 spiro atoms. The highest BCUT2D eigenvalue weighted by molar-refractivity contribution is 14.0. The van der Waals surface area contributed by atoms with Crippen LogP contribution in [0.25, 0.3) is 0 Å². The molecule has 0 aliphatic carbocycles. The third-order valence-electron chi connectivity index (χ3n) is 2.01. The first kappa shape index (κ1) is 15.2. The number of halogens is 1. The van der Waals surface area contributed by atoms with Crippen molar-refractivity contribution < 1.29 is 0 Å². The lowest BCUT2D eigenvalue weighted by Crippen LogP contribution is -2.36. The standard InChI is InChI=1S/C12H19N3.HI/c1-4-13-12(15(2)3)14-10-11-8-6-5-7-9-11;/h5-9H,4,10H2,1-3H3,(H,13,14);1H. The van der Waals surface area contributed by atoms with Gasteiger partial charge in [0.2, 0.25) is 0 Å². The number of hydrogen-bond acceptors (Lipinski definition) is 1. The molecule has 0 unspecified atom stereocenters. The first-order chi connectivity index (χ1) is 7.24. The van der Waals surface area contributed by atoms with E-state index in [2.05, 4.69) is 29.4 Å². The molecular weight excluding hydrogens is 313 g/mol. The fourth-order valence-electron chi connectivity index (χ4n) is 1.26. The topological polar surface area (TPSA) is 27.6 Å². The molecule has 0 aliphatic heterocycles. The molecule has 0 radical (unpaired) electrons. The molecule has 90 valence electrons. The first-order valence-electron chi connectivity index (χ1n) is 5.23. The Labute approximate surface area is 115 Å². The minimum atomic E-state index is 0. The lowest BCUT2D eigenvalue weighted by molar-refractivity contribution is 0.583. The van der Waals surface area contributed by atoms with Crippen molar-refractivity contribution in [3.63, 3.8) is 0 Å². The average Bonchev–Trinajstić information content (AvgIpc) is 2.25. The van der Waals surface area contributed by atoms with Crippen LogP contribution in [-0.2, 0) is 6.54 Å². The van der Waals surface area contributed by atoms with Gasteiger partial charge in [0, 0.05) is 20.6 Å². The molecule has 0 fully saturated rings. The van der Waals surface area contributed by atoms with E-state index < -0.39 is 0 Å². The van der Waals surface area contributed by atoms with Crippen molar-refractivity contribution in [1.29, 1.82) is 0 Å². The molecule has 0 bridgehead atoms. The largest absolute Gasteiger partial charge is 0.357 e. The van der Waals surface area contributed by atoms with Gasteiger partial charge in [-0.25, -0.2) is 4.99 Å². The Morgan fingerprint density at radius 1 is 1.25 bits per heavy atom. The molecule has 1 rings (SSSR count). The fraction of sp³-hybridized carbons (Fsp3) is 0.417. The molecule has 0 amide bonds. The molecule has 16 heavy (non-hydrogen) atoms. The highest BCUT2D eigenvalue weighted by Gasteiger charge is 1.98. The third kappa shape index (κ3) is 5.34. The van der Waals surface area contributed by atoms with Crippen LogP contribution in [-0.4, -0.2) is 31.5 Å². The molecule has 1 aromatic rings. The Morgan fingerprint density at radius 2 is 1.88 bits per heavy atom. The zero-order valence-corrected chi connectivity index (χ0v) is 12.4. The average molecular weight is 333 g/mol. The first-order valence-corrected chi connectivity index (χ1v) is 5.23. The van der Waals surface area contributed by atoms with Gasteiger partial charge in [0.05, 0.1) is 6.54 Å². The van der Waals surface area contributed by atoms with Gasteiger partial charge in [-0.1, -0.05) is 30.3 Å². The molecule has 4 heteroatoms. The highest BCUT2D eigenvalue weighted by Crippen LogP contribution is 2.00. The summed E-state index contributed by atoms with van der Waals surface area (Å²) in [7, 11) is 3.99. The molecule has 0 aliphatic rings. The smallest absolute Gasteiger partial charge is 0.193 e. The van der Waals surface area contributed by atoms with E-state index in [1.54, 1.807) is 0 Å². The van der Waals surface area contributed by atoms with E-state index in [0.29, 0.717) is 0 Å². The van der Waals surface area contributed by atoms with E-state index in [1.807, 2.05) is 37.2 Å². The third-order valence-corrected chi connectivity index (χ3v) is 2.01. The molecule has 0 saturated heterocycles. The van der Waals surface area contributed by atoms with E-state index in [4.69, 9.17) is 0 Å². The molecule has 1 aromatic carbocycles. The minimum Gasteiger partial charge on any atom is -0.357 e. The van der Waals surface area contributed by atoms with Gasteiger partial charge in [-0.2, -0.15) is 0 Å². The molecule has 0 heterocycles. The maximum Gasteiger partial charge on any atom is 0.193 e. The summed E-state index contributed by atoms with van der Waals surface area (Å²) in [5, 5.41) is 3.23. The molecule has 0 atom stereocenters. The maximum atomic E-state index is 4.51. The Bertz CT molecular complexity index is 309. The minimum absolute atomic E-state index is 0. The van der Waals surface area contributed by atoms with Crippen LogP contribution in [0.2, 0.25) is 0 Å². The van der Waals surface area contributed by atoms with Crippen molar-refractivity contribution in [3.05, 3.63) is 35.9 Å². The number of nitrogens with zero attached hydrogens (tertiary/aromatic N) is 2. The van der Waals surface area contributed by atoms with E-state index >= 15 is 0 Å². The highest BCUT2D eigenvalue weighted by atomic mass is 127. The second-order valence-electron chi connectivity index (χ2n) is 3.55. The van der Waals surface area contributed by atoms with E-state index in [1.165, 1.54) is 5.56 Å². The van der Waals surface area contributed by atoms with Gasteiger partial charge in [-0.15, -0.1) is 24.0 Å². The van der Waals surface area contributed by atoms with Crippen LogP contribution in [0.1, 0.15) is 12.5 Å². The van der Waals surface area contributed by atoms with Crippen LogP contribution in [0.15, 0.2) is 35.3 Å². The quantitative estimate of drug-likeness (QED) is 0.522. The predicted molar refractivity (Wildman–Crippen MR) is 80.4 cm³/mol. The summed E-state index contributed by atoms with van der Waals surface area (Å²) in [6, 6.07) is 10.3. The number of hydrogen-bond donors (Lipinski definition) is 1. The number of benzene rings is 1. The fourth-order valence-corrected chi connectivity index (χ4v) is 1.26.